The first kappa shape index (κ1) is 17.4. The molecule has 2 unspecified atom stereocenters. The number of aliphatic hydroxyl groups excluding tert-OH is 2. The zero-order chi connectivity index (χ0) is 16.2. The molecule has 0 aliphatic heterocycles. The van der Waals surface area contributed by atoms with Gasteiger partial charge < -0.3 is 14.9 Å². The summed E-state index contributed by atoms with van der Waals surface area (Å²) in [4.78, 5) is 11.1. The van der Waals surface area contributed by atoms with E-state index in [1.165, 1.54) is 6.92 Å². The molecule has 0 saturated carbocycles. The highest BCUT2D eigenvalue weighted by Gasteiger charge is 2.37. The minimum absolute atomic E-state index is 0.0232. The molecule has 1 rings (SSSR count). The molecule has 118 valence electrons. The molecule has 8 heteroatoms. The van der Waals surface area contributed by atoms with Crippen molar-refractivity contribution in [1.82, 2.24) is 0 Å². The third kappa shape index (κ3) is 4.68. The average molecular weight is 310 g/mol. The van der Waals surface area contributed by atoms with Crippen LogP contribution < -0.4 is 0 Å². The molecule has 0 aromatic heterocycles. The van der Waals surface area contributed by atoms with Gasteiger partial charge in [0.25, 0.3) is 0 Å². The van der Waals surface area contributed by atoms with E-state index in [1.807, 2.05) is 0 Å². The highest BCUT2D eigenvalue weighted by atomic mass is 19.4. The van der Waals surface area contributed by atoms with Gasteiger partial charge in [0.15, 0.2) is 0 Å². The van der Waals surface area contributed by atoms with Crippen LogP contribution in [0.3, 0.4) is 0 Å². The fourth-order valence-electron chi connectivity index (χ4n) is 1.75. The van der Waals surface area contributed by atoms with Crippen LogP contribution in [0.4, 0.5) is 17.6 Å². The van der Waals surface area contributed by atoms with Crippen molar-refractivity contribution in [1.29, 1.82) is 0 Å². The van der Waals surface area contributed by atoms with Crippen LogP contribution in [0.25, 0.3) is 0 Å². The lowest BCUT2D eigenvalue weighted by Gasteiger charge is -2.21. The van der Waals surface area contributed by atoms with Crippen molar-refractivity contribution in [3.05, 3.63) is 35.1 Å². The topological polar surface area (TPSA) is 66.8 Å². The first-order valence-corrected chi connectivity index (χ1v) is 6.05. The molecule has 0 saturated heterocycles. The highest BCUT2D eigenvalue weighted by Crippen LogP contribution is 2.36. The van der Waals surface area contributed by atoms with Gasteiger partial charge in [0, 0.05) is 0 Å². The summed E-state index contributed by atoms with van der Waals surface area (Å²) in [6, 6.07) is 1.53. The molecule has 0 aliphatic rings. The number of esters is 1. The van der Waals surface area contributed by atoms with Crippen molar-refractivity contribution in [2.24, 2.45) is 0 Å². The fraction of sp³-hybridized carbons (Fsp3) is 0.462. The minimum Gasteiger partial charge on any atom is -0.466 e. The van der Waals surface area contributed by atoms with Gasteiger partial charge in [0.1, 0.15) is 11.9 Å². The van der Waals surface area contributed by atoms with E-state index in [4.69, 9.17) is 0 Å². The number of hydrogen-bond donors (Lipinski definition) is 2. The lowest BCUT2D eigenvalue weighted by Crippen LogP contribution is -2.25. The summed E-state index contributed by atoms with van der Waals surface area (Å²) >= 11 is 0. The van der Waals surface area contributed by atoms with Crippen LogP contribution in [0.1, 0.15) is 30.6 Å². The lowest BCUT2D eigenvalue weighted by atomic mass is 9.96. The standard InChI is InChI=1S/C13H14F4O4/c1-2-21-11(19)6-10(18)12(20)8-5-7(14)3-4-9(8)13(15,16)17/h3-5,10,12,18,20H,2,6H2,1H3. The van der Waals surface area contributed by atoms with Crippen molar-refractivity contribution < 1.29 is 37.3 Å². The molecule has 0 amide bonds. The van der Waals surface area contributed by atoms with E-state index in [2.05, 4.69) is 4.74 Å². The third-order valence-electron chi connectivity index (χ3n) is 2.68. The Bertz CT molecular complexity index is 501. The van der Waals surface area contributed by atoms with E-state index in [0.29, 0.717) is 18.2 Å². The molecular weight excluding hydrogens is 296 g/mol. The maximum absolute atomic E-state index is 13.1. The SMILES string of the molecule is CCOC(=O)CC(O)C(O)c1cc(F)ccc1C(F)(F)F. The fourth-order valence-corrected chi connectivity index (χ4v) is 1.75. The Morgan fingerprint density at radius 3 is 2.48 bits per heavy atom. The van der Waals surface area contributed by atoms with Crippen LogP contribution in [0, 0.1) is 5.82 Å². The number of alkyl halides is 3. The van der Waals surface area contributed by atoms with Crippen LogP contribution in [0.2, 0.25) is 0 Å². The summed E-state index contributed by atoms with van der Waals surface area (Å²) in [6.07, 6.45) is -9.44. The molecule has 2 atom stereocenters. The number of aliphatic hydroxyl groups is 2. The van der Waals surface area contributed by atoms with Crippen LogP contribution in [-0.2, 0) is 15.7 Å². The summed E-state index contributed by atoms with van der Waals surface area (Å²) in [5, 5.41) is 19.4. The number of carbonyl (C=O) groups is 1. The van der Waals surface area contributed by atoms with E-state index < -0.39 is 47.7 Å². The summed E-state index contributed by atoms with van der Waals surface area (Å²) in [5.41, 5.74) is -2.11. The zero-order valence-electron chi connectivity index (χ0n) is 11.0. The number of benzene rings is 1. The summed E-state index contributed by atoms with van der Waals surface area (Å²) in [5.74, 6) is -1.88. The summed E-state index contributed by atoms with van der Waals surface area (Å²) < 4.78 is 55.9. The summed E-state index contributed by atoms with van der Waals surface area (Å²) in [6.45, 7) is 1.53. The van der Waals surface area contributed by atoms with Gasteiger partial charge in [0.2, 0.25) is 0 Å². The van der Waals surface area contributed by atoms with Gasteiger partial charge in [-0.25, -0.2) is 4.39 Å². The van der Waals surface area contributed by atoms with E-state index in [9.17, 15) is 32.6 Å². The monoisotopic (exact) mass is 310 g/mol. The quantitative estimate of drug-likeness (QED) is 0.646. The largest absolute Gasteiger partial charge is 0.466 e. The predicted octanol–water partition coefficient (Wildman–Crippen LogP) is 2.19. The Morgan fingerprint density at radius 1 is 1.33 bits per heavy atom. The normalized spacial score (nSPS) is 14.6. The molecule has 4 nitrogen and oxygen atoms in total. The van der Waals surface area contributed by atoms with Crippen LogP contribution in [0.5, 0.6) is 0 Å². The summed E-state index contributed by atoms with van der Waals surface area (Å²) in [7, 11) is 0. The van der Waals surface area contributed by atoms with Gasteiger partial charge in [-0.2, -0.15) is 13.2 Å². The Balaban J connectivity index is 3.03. The Morgan fingerprint density at radius 2 is 1.95 bits per heavy atom. The van der Waals surface area contributed by atoms with Crippen molar-refractivity contribution in [2.45, 2.75) is 31.7 Å². The third-order valence-corrected chi connectivity index (χ3v) is 2.68. The first-order valence-electron chi connectivity index (χ1n) is 6.05. The van der Waals surface area contributed by atoms with Crippen molar-refractivity contribution >= 4 is 5.97 Å². The molecular formula is C13H14F4O4. The molecule has 0 radical (unpaired) electrons. The van der Waals surface area contributed by atoms with Gasteiger partial charge in [0.05, 0.1) is 24.7 Å². The Kier molecular flexibility index (Phi) is 5.68. The first-order chi connectivity index (χ1) is 9.66. The Labute approximate surface area is 118 Å². The van der Waals surface area contributed by atoms with Crippen LogP contribution in [-0.4, -0.2) is 28.9 Å². The van der Waals surface area contributed by atoms with E-state index in [0.717, 1.165) is 0 Å². The smallest absolute Gasteiger partial charge is 0.416 e. The van der Waals surface area contributed by atoms with Gasteiger partial charge >= 0.3 is 12.1 Å². The van der Waals surface area contributed by atoms with Crippen molar-refractivity contribution in [3.8, 4) is 0 Å². The molecule has 0 bridgehead atoms. The van der Waals surface area contributed by atoms with Crippen LogP contribution >= 0.6 is 0 Å². The molecule has 0 spiro atoms. The second-order valence-corrected chi connectivity index (χ2v) is 4.25. The number of hydrogen-bond acceptors (Lipinski definition) is 4. The minimum atomic E-state index is -4.83. The second-order valence-electron chi connectivity index (χ2n) is 4.25. The van der Waals surface area contributed by atoms with Gasteiger partial charge in [-0.1, -0.05) is 0 Å². The van der Waals surface area contributed by atoms with Gasteiger partial charge in [-0.15, -0.1) is 0 Å². The average Bonchev–Trinajstić information content (AvgIpc) is 2.36. The molecule has 0 fully saturated rings. The zero-order valence-corrected chi connectivity index (χ0v) is 11.0. The number of rotatable bonds is 5. The van der Waals surface area contributed by atoms with Gasteiger partial charge in [-0.05, 0) is 30.7 Å². The van der Waals surface area contributed by atoms with Crippen molar-refractivity contribution in [3.63, 3.8) is 0 Å². The van der Waals surface area contributed by atoms with Gasteiger partial charge in [-0.3, -0.25) is 4.79 Å². The molecule has 0 heterocycles. The number of carbonyl (C=O) groups excluding carboxylic acids is 1. The molecule has 21 heavy (non-hydrogen) atoms. The maximum atomic E-state index is 13.1. The van der Waals surface area contributed by atoms with Crippen LogP contribution in [0.15, 0.2) is 18.2 Å². The highest BCUT2D eigenvalue weighted by molar-refractivity contribution is 5.70. The maximum Gasteiger partial charge on any atom is 0.416 e. The van der Waals surface area contributed by atoms with E-state index >= 15 is 0 Å². The lowest BCUT2D eigenvalue weighted by molar-refractivity contribution is -0.147. The molecule has 1 aromatic carbocycles. The second kappa shape index (κ2) is 6.86. The van der Waals surface area contributed by atoms with E-state index in [1.54, 1.807) is 0 Å². The molecule has 0 aliphatic carbocycles. The Hall–Kier alpha value is -1.67. The number of ether oxygens (including phenoxy) is 1. The number of halogens is 4. The molecule has 2 N–H and O–H groups in total. The van der Waals surface area contributed by atoms with E-state index in [-0.39, 0.29) is 6.61 Å². The van der Waals surface area contributed by atoms with Crippen molar-refractivity contribution in [2.75, 3.05) is 6.61 Å². The predicted molar refractivity (Wildman–Crippen MR) is 63.6 cm³/mol. The molecule has 1 aromatic rings.